The predicted molar refractivity (Wildman–Crippen MR) is 9.87 cm³/mol. The molecule has 0 N–H and O–H groups in total. The van der Waals surface area contributed by atoms with Crippen molar-refractivity contribution < 1.29 is 80.3 Å². The molecule has 0 unspecified atom stereocenters. The van der Waals surface area contributed by atoms with E-state index >= 15 is 0 Å². The van der Waals surface area contributed by atoms with Gasteiger partial charge in [0.2, 0.25) is 0 Å². The summed E-state index contributed by atoms with van der Waals surface area (Å²) in [6, 6.07) is 0. The Bertz CT molecular complexity index is 208. The van der Waals surface area contributed by atoms with Crippen LogP contribution in [0.25, 0.3) is 0 Å². The van der Waals surface area contributed by atoms with Crippen LogP contribution in [-0.4, -0.2) is 19.8 Å². The Morgan fingerprint density at radius 2 is 0.538 bits per heavy atom. The second kappa shape index (κ2) is 18.8. The summed E-state index contributed by atoms with van der Waals surface area (Å²) in [7, 11) is 0. The van der Waals surface area contributed by atoms with E-state index in [-0.39, 0.29) is 19.8 Å². The molecular formula is GaO9V3. The van der Waals surface area contributed by atoms with Gasteiger partial charge in [-0.1, -0.05) is 0 Å². The molecule has 0 aliphatic rings. The van der Waals surface area contributed by atoms with E-state index < -0.39 is 46.2 Å². The molecule has 0 radical (unpaired) electrons. The summed E-state index contributed by atoms with van der Waals surface area (Å²) < 4.78 is 77.1. The van der Waals surface area contributed by atoms with Gasteiger partial charge >= 0.3 is 100 Å². The van der Waals surface area contributed by atoms with Gasteiger partial charge in [0.05, 0.1) is 0 Å². The molecule has 0 bridgehead atoms. The maximum absolute atomic E-state index is 8.56. The van der Waals surface area contributed by atoms with Crippen LogP contribution < -0.4 is 12.1 Å². The summed E-state index contributed by atoms with van der Waals surface area (Å²) in [6.07, 6.45) is 0. The van der Waals surface area contributed by atoms with Gasteiger partial charge in [-0.05, 0) is 0 Å². The summed E-state index contributed by atoms with van der Waals surface area (Å²) in [4.78, 5) is 0. The van der Waals surface area contributed by atoms with Crippen molar-refractivity contribution >= 4 is 19.8 Å². The molecule has 0 aromatic rings. The van der Waals surface area contributed by atoms with Gasteiger partial charge in [0.1, 0.15) is 0 Å². The van der Waals surface area contributed by atoms with Crippen molar-refractivity contribution in [2.45, 2.75) is 0 Å². The van der Waals surface area contributed by atoms with Crippen molar-refractivity contribution in [1.82, 2.24) is 0 Å². The van der Waals surface area contributed by atoms with Crippen LogP contribution in [0.4, 0.5) is 0 Å². The quantitative estimate of drug-likeness (QED) is 0.382. The fourth-order valence-corrected chi connectivity index (χ4v) is 0. The monoisotopic (exact) mass is 366 g/mol. The standard InChI is InChI=1S/Ga.9O.3V/q+3;;;;;;;3*-1;;;. The van der Waals surface area contributed by atoms with Gasteiger partial charge in [-0.15, -0.1) is 0 Å². The Morgan fingerprint density at radius 1 is 0.538 bits per heavy atom. The van der Waals surface area contributed by atoms with E-state index in [0.717, 1.165) is 0 Å². The van der Waals surface area contributed by atoms with Crippen LogP contribution >= 0.6 is 0 Å². The fourth-order valence-electron chi connectivity index (χ4n) is 0. The normalized spacial score (nSPS) is 5.77. The Balaban J connectivity index is -0.0000000450. The first-order valence-electron chi connectivity index (χ1n) is 1.64. The van der Waals surface area contributed by atoms with E-state index in [2.05, 4.69) is 0 Å². The molecule has 0 saturated carbocycles. The number of hydrogen-bond acceptors (Lipinski definition) is 9. The van der Waals surface area contributed by atoms with Crippen molar-refractivity contribution in [2.24, 2.45) is 0 Å². The molecule has 0 atom stereocenters. The van der Waals surface area contributed by atoms with E-state index in [4.69, 9.17) is 34.1 Å². The van der Waals surface area contributed by atoms with Crippen molar-refractivity contribution in [3.63, 3.8) is 0 Å². The molecule has 13 heavy (non-hydrogen) atoms. The van der Waals surface area contributed by atoms with Crippen LogP contribution in [0.2, 0.25) is 0 Å². The van der Waals surface area contributed by atoms with Gasteiger partial charge in [0, 0.05) is 0 Å². The van der Waals surface area contributed by atoms with Gasteiger partial charge < -0.3 is 0 Å². The summed E-state index contributed by atoms with van der Waals surface area (Å²) in [6.45, 7) is 0. The van der Waals surface area contributed by atoms with Crippen molar-refractivity contribution in [2.75, 3.05) is 0 Å². The van der Waals surface area contributed by atoms with Gasteiger partial charge in [-0.25, -0.2) is 0 Å². The molecule has 0 fully saturated rings. The predicted octanol–water partition coefficient (Wildman–Crippen LogP) is -4.67. The van der Waals surface area contributed by atoms with Crippen molar-refractivity contribution in [3.8, 4) is 0 Å². The van der Waals surface area contributed by atoms with Gasteiger partial charge in [0.15, 0.2) is 0 Å². The van der Waals surface area contributed by atoms with Crippen LogP contribution in [0.3, 0.4) is 0 Å². The zero-order valence-corrected chi connectivity index (χ0v) is 12.2. The third-order valence-corrected chi connectivity index (χ3v) is 0. The molecule has 72 valence electrons. The molecule has 0 aromatic heterocycles. The van der Waals surface area contributed by atoms with Gasteiger partial charge in [0.25, 0.3) is 0 Å². The first-order valence-corrected chi connectivity index (χ1v) is 6.77. The summed E-state index contributed by atoms with van der Waals surface area (Å²) in [5, 5.41) is 0. The van der Waals surface area contributed by atoms with Crippen molar-refractivity contribution in [1.29, 1.82) is 0 Å². The molecule has 0 heterocycles. The Kier molecular flexibility index (Phi) is 34.2. The fraction of sp³-hybridized carbons (Fsp3) is 0. The minimum atomic E-state index is -3.94. The summed E-state index contributed by atoms with van der Waals surface area (Å²) >= 11 is -11.8. The Hall–Kier alpha value is 1.07. The zero-order valence-electron chi connectivity index (χ0n) is 5.59. The van der Waals surface area contributed by atoms with Crippen LogP contribution in [0.15, 0.2) is 0 Å². The van der Waals surface area contributed by atoms with E-state index in [1.54, 1.807) is 0 Å². The molecule has 0 amide bonds. The summed E-state index contributed by atoms with van der Waals surface area (Å²) in [5.41, 5.74) is 0. The van der Waals surface area contributed by atoms with Gasteiger partial charge in [-0.3, -0.25) is 0 Å². The second-order valence-corrected chi connectivity index (χ2v) is 2.77. The molecule has 0 aliphatic heterocycles. The number of rotatable bonds is 0. The first-order chi connectivity index (χ1) is 5.20. The molecule has 9 nitrogen and oxygen atoms in total. The maximum atomic E-state index is 8.56. The molecule has 0 saturated heterocycles. The van der Waals surface area contributed by atoms with Crippen LogP contribution in [-0.2, 0) is 68.2 Å². The topological polar surface area (TPSA) is 172 Å². The zero-order chi connectivity index (χ0) is 10.7. The van der Waals surface area contributed by atoms with Crippen LogP contribution in [0.5, 0.6) is 0 Å². The van der Waals surface area contributed by atoms with Crippen LogP contribution in [0.1, 0.15) is 0 Å². The average Bonchev–Trinajstić information content (AvgIpc) is 1.54. The average molecular weight is 367 g/mol. The molecule has 13 heteroatoms. The third-order valence-electron chi connectivity index (χ3n) is 0. The minimum absolute atomic E-state index is 0. The van der Waals surface area contributed by atoms with Crippen LogP contribution in [0, 0.1) is 0 Å². The van der Waals surface area contributed by atoms with E-state index in [0.29, 0.717) is 0 Å². The molecule has 0 spiro atoms. The first kappa shape index (κ1) is 23.7. The molecule has 0 aromatic carbocycles. The molecule has 0 aliphatic carbocycles. The third kappa shape index (κ3) is 1400. The van der Waals surface area contributed by atoms with Gasteiger partial charge in [-0.2, -0.15) is 0 Å². The van der Waals surface area contributed by atoms with Crippen molar-refractivity contribution in [3.05, 3.63) is 0 Å². The van der Waals surface area contributed by atoms with E-state index in [1.807, 2.05) is 0 Å². The molecule has 0 rings (SSSR count). The van der Waals surface area contributed by atoms with E-state index in [9.17, 15) is 0 Å². The Labute approximate surface area is 99.3 Å². The van der Waals surface area contributed by atoms with E-state index in [1.165, 1.54) is 0 Å². The SMILES string of the molecule is [Ga+3].[O]=[V](=[O])[O-].[O]=[V](=[O])[O-].[O]=[V](=[O])[O-]. The number of hydrogen-bond donors (Lipinski definition) is 0. The Morgan fingerprint density at radius 3 is 0.538 bits per heavy atom. The summed E-state index contributed by atoms with van der Waals surface area (Å²) in [5.74, 6) is 0. The second-order valence-electron chi connectivity index (χ2n) is 0.671. The molecular weight excluding hydrogens is 367 g/mol.